The minimum absolute atomic E-state index is 0.0690. The van der Waals surface area contributed by atoms with Crippen LogP contribution in [0.5, 0.6) is 0 Å². The first-order valence-electron chi connectivity index (χ1n) is 5.39. The van der Waals surface area contributed by atoms with E-state index >= 15 is 0 Å². The molecule has 0 bridgehead atoms. The minimum Gasteiger partial charge on any atom is -0.271 e. The van der Waals surface area contributed by atoms with Crippen molar-refractivity contribution in [2.24, 2.45) is 5.84 Å². The van der Waals surface area contributed by atoms with Crippen LogP contribution >= 0.6 is 22.9 Å². The Labute approximate surface area is 110 Å². The van der Waals surface area contributed by atoms with E-state index in [1.807, 2.05) is 23.7 Å². The van der Waals surface area contributed by atoms with Crippen LogP contribution in [0.4, 0.5) is 0 Å². The van der Waals surface area contributed by atoms with E-state index < -0.39 is 0 Å². The summed E-state index contributed by atoms with van der Waals surface area (Å²) in [4.78, 5) is 5.18. The first-order chi connectivity index (χ1) is 8.27. The normalized spacial score (nSPS) is 12.6. The summed E-state index contributed by atoms with van der Waals surface area (Å²) in [6, 6.07) is 3.80. The number of hydrogen-bond donors (Lipinski definition) is 2. The van der Waals surface area contributed by atoms with Crippen molar-refractivity contribution in [3.63, 3.8) is 0 Å². The second-order valence-electron chi connectivity index (χ2n) is 3.66. The van der Waals surface area contributed by atoms with Crippen molar-refractivity contribution in [3.05, 3.63) is 50.9 Å². The summed E-state index contributed by atoms with van der Waals surface area (Å²) in [5.74, 6) is 5.67. The van der Waals surface area contributed by atoms with Gasteiger partial charge in [-0.3, -0.25) is 10.8 Å². The van der Waals surface area contributed by atoms with Gasteiger partial charge in [-0.25, -0.2) is 5.43 Å². The predicted molar refractivity (Wildman–Crippen MR) is 72.1 cm³/mol. The molecular formula is C12H14ClN3S. The van der Waals surface area contributed by atoms with Crippen LogP contribution in [0.2, 0.25) is 5.02 Å². The van der Waals surface area contributed by atoms with Crippen molar-refractivity contribution >= 4 is 22.9 Å². The second kappa shape index (κ2) is 5.60. The molecule has 90 valence electrons. The molecule has 0 radical (unpaired) electrons. The first-order valence-corrected chi connectivity index (χ1v) is 6.65. The zero-order valence-electron chi connectivity index (χ0n) is 9.48. The third-order valence-corrected chi connectivity index (χ3v) is 4.13. The number of aromatic nitrogens is 1. The number of halogens is 1. The molecular weight excluding hydrogens is 254 g/mol. The second-order valence-corrected chi connectivity index (χ2v) is 5.02. The Morgan fingerprint density at radius 3 is 2.94 bits per heavy atom. The van der Waals surface area contributed by atoms with Crippen LogP contribution in [0.25, 0.3) is 0 Å². The van der Waals surface area contributed by atoms with E-state index in [1.54, 1.807) is 17.5 Å². The van der Waals surface area contributed by atoms with Crippen LogP contribution in [0.3, 0.4) is 0 Å². The summed E-state index contributed by atoms with van der Waals surface area (Å²) in [7, 11) is 0. The van der Waals surface area contributed by atoms with E-state index in [9.17, 15) is 0 Å². The minimum atomic E-state index is -0.0690. The third kappa shape index (κ3) is 2.50. The zero-order chi connectivity index (χ0) is 12.3. The van der Waals surface area contributed by atoms with Gasteiger partial charge >= 0.3 is 0 Å². The Hall–Kier alpha value is -0.940. The van der Waals surface area contributed by atoms with E-state index in [-0.39, 0.29) is 6.04 Å². The number of pyridine rings is 1. The molecule has 3 nitrogen and oxygen atoms in total. The lowest BCUT2D eigenvalue weighted by Crippen LogP contribution is -2.29. The molecule has 2 heterocycles. The Kier molecular flexibility index (Phi) is 4.12. The van der Waals surface area contributed by atoms with E-state index in [2.05, 4.69) is 17.3 Å². The Balaban J connectivity index is 2.46. The largest absolute Gasteiger partial charge is 0.271 e. The fourth-order valence-corrected chi connectivity index (χ4v) is 3.08. The average Bonchev–Trinajstić information content (AvgIpc) is 2.78. The van der Waals surface area contributed by atoms with Gasteiger partial charge in [0.05, 0.1) is 11.1 Å². The van der Waals surface area contributed by atoms with Gasteiger partial charge in [0.25, 0.3) is 0 Å². The van der Waals surface area contributed by atoms with Crippen molar-refractivity contribution in [1.82, 2.24) is 10.4 Å². The van der Waals surface area contributed by atoms with E-state index in [0.717, 1.165) is 21.9 Å². The van der Waals surface area contributed by atoms with Crippen molar-refractivity contribution in [2.45, 2.75) is 19.4 Å². The first kappa shape index (κ1) is 12.5. The molecule has 2 rings (SSSR count). The molecule has 0 saturated heterocycles. The van der Waals surface area contributed by atoms with Crippen LogP contribution < -0.4 is 11.3 Å². The van der Waals surface area contributed by atoms with Gasteiger partial charge in [0.15, 0.2) is 0 Å². The maximum absolute atomic E-state index is 6.16. The molecule has 17 heavy (non-hydrogen) atoms. The summed E-state index contributed by atoms with van der Waals surface area (Å²) >= 11 is 7.76. The molecule has 0 aromatic carbocycles. The summed E-state index contributed by atoms with van der Waals surface area (Å²) in [6.45, 7) is 2.10. The topological polar surface area (TPSA) is 50.9 Å². The predicted octanol–water partition coefficient (Wildman–Crippen LogP) is 2.91. The Morgan fingerprint density at radius 1 is 1.53 bits per heavy atom. The fourth-order valence-electron chi connectivity index (χ4n) is 1.83. The highest BCUT2D eigenvalue weighted by Gasteiger charge is 2.19. The molecule has 1 unspecified atom stereocenters. The molecule has 2 aromatic heterocycles. The van der Waals surface area contributed by atoms with Crippen molar-refractivity contribution < 1.29 is 0 Å². The highest BCUT2D eigenvalue weighted by molar-refractivity contribution is 7.10. The van der Waals surface area contributed by atoms with Crippen LogP contribution in [-0.2, 0) is 6.42 Å². The maximum atomic E-state index is 6.16. The van der Waals surface area contributed by atoms with Gasteiger partial charge in [0.1, 0.15) is 0 Å². The number of hydrogen-bond acceptors (Lipinski definition) is 4. The van der Waals surface area contributed by atoms with Crippen LogP contribution in [0, 0.1) is 0 Å². The smallest absolute Gasteiger partial charge is 0.0821 e. The van der Waals surface area contributed by atoms with Crippen LogP contribution in [0.1, 0.15) is 29.0 Å². The number of nitrogens with one attached hydrogen (secondary N) is 1. The standard InChI is InChI=1S/C12H14ClN3S/c1-2-8-7-15-5-3-9(8)11(16-14)12-10(13)4-6-17-12/h3-7,11,16H,2,14H2,1H3. The quantitative estimate of drug-likeness (QED) is 0.662. The van der Waals surface area contributed by atoms with Crippen molar-refractivity contribution in [3.8, 4) is 0 Å². The van der Waals surface area contributed by atoms with Gasteiger partial charge in [0.2, 0.25) is 0 Å². The summed E-state index contributed by atoms with van der Waals surface area (Å²) in [5, 5.41) is 2.71. The molecule has 0 spiro atoms. The molecule has 0 aliphatic rings. The number of thiophene rings is 1. The molecule has 5 heteroatoms. The number of rotatable bonds is 4. The van der Waals surface area contributed by atoms with Gasteiger partial charge in [-0.05, 0) is 35.1 Å². The lowest BCUT2D eigenvalue weighted by molar-refractivity contribution is 0.640. The molecule has 0 fully saturated rings. The van der Waals surface area contributed by atoms with Gasteiger partial charge in [-0.1, -0.05) is 18.5 Å². The zero-order valence-corrected chi connectivity index (χ0v) is 11.1. The highest BCUT2D eigenvalue weighted by Crippen LogP contribution is 2.33. The SMILES string of the molecule is CCc1cnccc1C(NN)c1sccc1Cl. The maximum Gasteiger partial charge on any atom is 0.0821 e. The Morgan fingerprint density at radius 2 is 2.35 bits per heavy atom. The number of nitrogens with zero attached hydrogens (tertiary/aromatic N) is 1. The molecule has 1 atom stereocenters. The number of hydrazine groups is 1. The molecule has 3 N–H and O–H groups in total. The molecule has 0 aliphatic heterocycles. The average molecular weight is 268 g/mol. The molecule has 0 amide bonds. The lowest BCUT2D eigenvalue weighted by Gasteiger charge is -2.18. The fraction of sp³-hybridized carbons (Fsp3) is 0.250. The van der Waals surface area contributed by atoms with Gasteiger partial charge in [0, 0.05) is 17.3 Å². The van der Waals surface area contributed by atoms with Gasteiger partial charge < -0.3 is 0 Å². The van der Waals surface area contributed by atoms with Crippen LogP contribution in [0.15, 0.2) is 29.9 Å². The number of aryl methyl sites for hydroxylation is 1. The van der Waals surface area contributed by atoms with Gasteiger partial charge in [-0.15, -0.1) is 11.3 Å². The summed E-state index contributed by atoms with van der Waals surface area (Å²) < 4.78 is 0. The molecule has 0 saturated carbocycles. The van der Waals surface area contributed by atoms with Crippen LogP contribution in [-0.4, -0.2) is 4.98 Å². The summed E-state index contributed by atoms with van der Waals surface area (Å²) in [6.07, 6.45) is 4.58. The lowest BCUT2D eigenvalue weighted by atomic mass is 10.0. The highest BCUT2D eigenvalue weighted by atomic mass is 35.5. The van der Waals surface area contributed by atoms with Crippen molar-refractivity contribution in [2.75, 3.05) is 0 Å². The third-order valence-electron chi connectivity index (χ3n) is 2.71. The van der Waals surface area contributed by atoms with E-state index in [1.165, 1.54) is 5.56 Å². The van der Waals surface area contributed by atoms with E-state index in [0.29, 0.717) is 0 Å². The van der Waals surface area contributed by atoms with Gasteiger partial charge in [-0.2, -0.15) is 0 Å². The molecule has 2 aromatic rings. The monoisotopic (exact) mass is 267 g/mol. The summed E-state index contributed by atoms with van der Waals surface area (Å²) in [5.41, 5.74) is 5.15. The van der Waals surface area contributed by atoms with E-state index in [4.69, 9.17) is 17.4 Å². The molecule has 0 aliphatic carbocycles. The van der Waals surface area contributed by atoms with Crippen molar-refractivity contribution in [1.29, 1.82) is 0 Å². The Bertz CT molecular complexity index is 498. The number of nitrogens with two attached hydrogens (primary N) is 1.